The second-order valence-electron chi connectivity index (χ2n) is 4.39. The number of ether oxygens (including phenoxy) is 1. The van der Waals surface area contributed by atoms with Gasteiger partial charge in [-0.2, -0.15) is 23.5 Å². The smallest absolute Gasteiger partial charge is 0.331 e. The van der Waals surface area contributed by atoms with Crippen molar-refractivity contribution in [2.75, 3.05) is 31.0 Å². The fraction of sp³-hybridized carbons (Fsp3) is 0.818. The molecule has 1 amide bonds. The lowest BCUT2D eigenvalue weighted by Gasteiger charge is -2.27. The number of thioether (sulfide) groups is 2. The molecule has 104 valence electrons. The molecule has 1 fully saturated rings. The van der Waals surface area contributed by atoms with Crippen LogP contribution in [0.5, 0.6) is 0 Å². The minimum atomic E-state index is -1.35. The van der Waals surface area contributed by atoms with Crippen LogP contribution < -0.4 is 5.32 Å². The van der Waals surface area contributed by atoms with Crippen LogP contribution in [0.15, 0.2) is 0 Å². The van der Waals surface area contributed by atoms with Gasteiger partial charge in [-0.05, 0) is 6.92 Å². The third-order valence-electron chi connectivity index (χ3n) is 2.62. The van der Waals surface area contributed by atoms with Crippen molar-refractivity contribution >= 4 is 35.4 Å². The maximum absolute atomic E-state index is 11.9. The molecular formula is C11H19NO4S2. The molecule has 1 saturated heterocycles. The Morgan fingerprint density at radius 1 is 1.50 bits per heavy atom. The molecule has 0 aromatic carbocycles. The summed E-state index contributed by atoms with van der Waals surface area (Å²) in [5, 5.41) is 12.0. The highest BCUT2D eigenvalue weighted by atomic mass is 32.2. The van der Waals surface area contributed by atoms with Crippen molar-refractivity contribution in [3.05, 3.63) is 0 Å². The molecule has 0 saturated carbocycles. The second kappa shape index (κ2) is 7.25. The van der Waals surface area contributed by atoms with Gasteiger partial charge in [0.15, 0.2) is 5.54 Å². The summed E-state index contributed by atoms with van der Waals surface area (Å²) in [5.41, 5.74) is -1.35. The van der Waals surface area contributed by atoms with Crippen LogP contribution in [0, 0.1) is 0 Å². The van der Waals surface area contributed by atoms with Crippen LogP contribution in [0.1, 0.15) is 13.3 Å². The quantitative estimate of drug-likeness (QED) is 0.755. The first-order chi connectivity index (χ1) is 8.48. The number of hydrogen-bond acceptors (Lipinski definition) is 5. The molecule has 2 N–H and O–H groups in total. The van der Waals surface area contributed by atoms with E-state index >= 15 is 0 Å². The zero-order chi connectivity index (χ0) is 13.6. The zero-order valence-corrected chi connectivity index (χ0v) is 12.2. The first-order valence-electron chi connectivity index (χ1n) is 5.70. The van der Waals surface area contributed by atoms with Gasteiger partial charge in [-0.15, -0.1) is 0 Å². The number of carboxylic acid groups (broad SMARTS) is 1. The van der Waals surface area contributed by atoms with Crippen molar-refractivity contribution in [1.82, 2.24) is 5.32 Å². The van der Waals surface area contributed by atoms with Crippen molar-refractivity contribution in [2.24, 2.45) is 0 Å². The van der Waals surface area contributed by atoms with Crippen LogP contribution in [-0.2, 0) is 14.3 Å². The summed E-state index contributed by atoms with van der Waals surface area (Å²) in [7, 11) is 1.42. The Kier molecular flexibility index (Phi) is 6.31. The predicted molar refractivity (Wildman–Crippen MR) is 74.2 cm³/mol. The molecule has 1 aliphatic rings. The van der Waals surface area contributed by atoms with Gasteiger partial charge in [0.1, 0.15) is 0 Å². The molecule has 7 heteroatoms. The van der Waals surface area contributed by atoms with Crippen LogP contribution in [0.2, 0.25) is 0 Å². The van der Waals surface area contributed by atoms with Gasteiger partial charge in [0, 0.05) is 36.0 Å². The minimum Gasteiger partial charge on any atom is -0.479 e. The third-order valence-corrected chi connectivity index (χ3v) is 5.46. The lowest BCUT2D eigenvalue weighted by molar-refractivity contribution is -0.149. The highest BCUT2D eigenvalue weighted by Gasteiger charge is 2.35. The summed E-state index contributed by atoms with van der Waals surface area (Å²) in [6.45, 7) is 1.42. The van der Waals surface area contributed by atoms with Crippen LogP contribution >= 0.6 is 23.5 Å². The van der Waals surface area contributed by atoms with Gasteiger partial charge in [-0.3, -0.25) is 4.79 Å². The maximum atomic E-state index is 11.9. The van der Waals surface area contributed by atoms with E-state index in [1.165, 1.54) is 14.0 Å². The first-order valence-corrected chi connectivity index (χ1v) is 7.91. The Morgan fingerprint density at radius 2 is 2.22 bits per heavy atom. The molecule has 0 aromatic rings. The average Bonchev–Trinajstić information content (AvgIpc) is 2.30. The van der Waals surface area contributed by atoms with Crippen LogP contribution in [0.3, 0.4) is 0 Å². The number of aliphatic carboxylic acids is 1. The molecule has 0 aromatic heterocycles. The van der Waals surface area contributed by atoms with Crippen molar-refractivity contribution in [3.8, 4) is 0 Å². The summed E-state index contributed by atoms with van der Waals surface area (Å²) in [6.07, 6.45) is 0.365. The fourth-order valence-electron chi connectivity index (χ4n) is 1.66. The normalized spacial score (nSPS) is 23.1. The van der Waals surface area contributed by atoms with Crippen molar-refractivity contribution in [1.29, 1.82) is 0 Å². The molecule has 2 atom stereocenters. The van der Waals surface area contributed by atoms with Crippen molar-refractivity contribution < 1.29 is 19.4 Å². The predicted octanol–water partition coefficient (Wildman–Crippen LogP) is 0.831. The van der Waals surface area contributed by atoms with Crippen LogP contribution in [0.25, 0.3) is 0 Å². The van der Waals surface area contributed by atoms with Gasteiger partial charge in [0.2, 0.25) is 5.91 Å². The summed E-state index contributed by atoms with van der Waals surface area (Å²) in [5.74, 6) is 1.82. The van der Waals surface area contributed by atoms with Gasteiger partial charge >= 0.3 is 5.97 Å². The molecule has 1 aliphatic heterocycles. The van der Waals surface area contributed by atoms with E-state index in [9.17, 15) is 9.59 Å². The van der Waals surface area contributed by atoms with Crippen molar-refractivity contribution in [3.63, 3.8) is 0 Å². The molecular weight excluding hydrogens is 274 g/mol. The Labute approximate surface area is 115 Å². The molecule has 5 nitrogen and oxygen atoms in total. The Hall–Kier alpha value is -0.400. The second-order valence-corrected chi connectivity index (χ2v) is 6.95. The zero-order valence-electron chi connectivity index (χ0n) is 10.6. The third kappa shape index (κ3) is 4.70. The highest BCUT2D eigenvalue weighted by molar-refractivity contribution is 8.06. The molecule has 0 radical (unpaired) electrons. The van der Waals surface area contributed by atoms with Crippen LogP contribution in [0.4, 0.5) is 0 Å². The van der Waals surface area contributed by atoms with E-state index in [1.807, 2.05) is 11.8 Å². The Bertz CT molecular complexity index is 307. The van der Waals surface area contributed by atoms with Gasteiger partial charge < -0.3 is 15.2 Å². The summed E-state index contributed by atoms with van der Waals surface area (Å²) < 4.78 is 4.85. The molecule has 2 unspecified atom stereocenters. The number of carboxylic acids is 1. The number of carbonyl (C=O) groups is 2. The maximum Gasteiger partial charge on any atom is 0.331 e. The monoisotopic (exact) mass is 293 g/mol. The SMILES string of the molecule is COCC(C)(NC(=O)CC1CSCCS1)C(=O)O. The number of nitrogens with one attached hydrogen (secondary N) is 1. The lowest BCUT2D eigenvalue weighted by Crippen LogP contribution is -2.55. The van der Waals surface area contributed by atoms with Gasteiger partial charge in [-0.1, -0.05) is 0 Å². The molecule has 0 spiro atoms. The van der Waals surface area contributed by atoms with E-state index < -0.39 is 11.5 Å². The van der Waals surface area contributed by atoms with Crippen molar-refractivity contribution in [2.45, 2.75) is 24.1 Å². The summed E-state index contributed by atoms with van der Waals surface area (Å²) in [6, 6.07) is 0. The topological polar surface area (TPSA) is 75.6 Å². The van der Waals surface area contributed by atoms with Gasteiger partial charge in [-0.25, -0.2) is 4.79 Å². The van der Waals surface area contributed by atoms with E-state index in [0.29, 0.717) is 6.42 Å². The lowest BCUT2D eigenvalue weighted by atomic mass is 10.0. The Morgan fingerprint density at radius 3 is 2.72 bits per heavy atom. The summed E-state index contributed by atoms with van der Waals surface area (Å²) in [4.78, 5) is 23.0. The summed E-state index contributed by atoms with van der Waals surface area (Å²) >= 11 is 3.62. The van der Waals surface area contributed by atoms with Gasteiger partial charge in [0.05, 0.1) is 6.61 Å². The molecule has 0 bridgehead atoms. The molecule has 0 aliphatic carbocycles. The Balaban J connectivity index is 2.48. The van der Waals surface area contributed by atoms with Gasteiger partial charge in [0.25, 0.3) is 0 Å². The molecule has 1 rings (SSSR count). The number of carbonyl (C=O) groups excluding carboxylic acids is 1. The average molecular weight is 293 g/mol. The van der Waals surface area contributed by atoms with E-state index in [4.69, 9.17) is 9.84 Å². The largest absolute Gasteiger partial charge is 0.479 e. The van der Waals surface area contributed by atoms with Crippen LogP contribution in [-0.4, -0.2) is 58.7 Å². The minimum absolute atomic E-state index is 0.0410. The molecule has 18 heavy (non-hydrogen) atoms. The van der Waals surface area contributed by atoms with E-state index in [0.717, 1.165) is 17.3 Å². The number of methoxy groups -OCH3 is 1. The fourth-order valence-corrected chi connectivity index (χ4v) is 4.34. The number of rotatable bonds is 6. The van der Waals surface area contributed by atoms with E-state index in [-0.39, 0.29) is 17.8 Å². The van der Waals surface area contributed by atoms with E-state index in [1.54, 1.807) is 11.8 Å². The number of amides is 1. The number of hydrogen-bond donors (Lipinski definition) is 2. The first kappa shape index (κ1) is 15.7. The highest BCUT2D eigenvalue weighted by Crippen LogP contribution is 2.26. The molecule has 1 heterocycles. The van der Waals surface area contributed by atoms with E-state index in [2.05, 4.69) is 5.32 Å². The standard InChI is InChI=1S/C11H19NO4S2/c1-11(7-16-2,10(14)15)12-9(13)5-8-6-17-3-4-18-8/h8H,3-7H2,1-2H3,(H,12,13)(H,14,15).